The number of allylic oxidation sites excluding steroid dienone is 2. The molecule has 0 aliphatic heterocycles. The summed E-state index contributed by atoms with van der Waals surface area (Å²) in [6.45, 7) is 2.18. The topological polar surface area (TPSA) is 0 Å². The van der Waals surface area contributed by atoms with Crippen LogP contribution in [0.1, 0.15) is 13.3 Å². The number of alkyl halides is 1. The summed E-state index contributed by atoms with van der Waals surface area (Å²) in [5, 5.41) is 0. The molecule has 10 heavy (non-hydrogen) atoms. The summed E-state index contributed by atoms with van der Waals surface area (Å²) in [4.78, 5) is 0. The van der Waals surface area contributed by atoms with Crippen LogP contribution in [0.25, 0.3) is 0 Å². The second-order valence-electron chi connectivity index (χ2n) is 3.50. The van der Waals surface area contributed by atoms with Crippen molar-refractivity contribution in [1.82, 2.24) is 0 Å². The third-order valence-electron chi connectivity index (χ3n) is 1.68. The van der Waals surface area contributed by atoms with Crippen molar-refractivity contribution in [2.24, 2.45) is 0 Å². The SMILES string of the molecule is C/C=[C](\CCI)[Ge]([CH3])([CH3])[CH3]. The molecule has 0 saturated heterocycles. The van der Waals surface area contributed by atoms with Crippen LogP contribution in [0.2, 0.25) is 17.3 Å². The summed E-state index contributed by atoms with van der Waals surface area (Å²) in [6, 6.07) is 0. The van der Waals surface area contributed by atoms with Gasteiger partial charge in [-0.15, -0.1) is 0 Å². The van der Waals surface area contributed by atoms with Gasteiger partial charge in [0.15, 0.2) is 0 Å². The molecule has 0 rings (SSSR count). The van der Waals surface area contributed by atoms with E-state index < -0.39 is 13.3 Å². The van der Waals surface area contributed by atoms with E-state index in [1.165, 1.54) is 10.8 Å². The average Bonchev–Trinajstić information content (AvgIpc) is 1.80. The third kappa shape index (κ3) is 4.01. The fraction of sp³-hybridized carbons (Fsp3) is 0.750. The van der Waals surface area contributed by atoms with Gasteiger partial charge in [-0.05, 0) is 0 Å². The molecule has 0 amide bonds. The fourth-order valence-electron chi connectivity index (χ4n) is 1.05. The van der Waals surface area contributed by atoms with E-state index in [9.17, 15) is 0 Å². The first-order valence-corrected chi connectivity index (χ1v) is 12.6. The van der Waals surface area contributed by atoms with Gasteiger partial charge in [-0.2, -0.15) is 0 Å². The van der Waals surface area contributed by atoms with Crippen molar-refractivity contribution < 1.29 is 0 Å². The molecule has 0 unspecified atom stereocenters. The molecule has 0 heterocycles. The van der Waals surface area contributed by atoms with Crippen LogP contribution in [-0.4, -0.2) is 17.7 Å². The molecule has 0 bridgehead atoms. The summed E-state index contributed by atoms with van der Waals surface area (Å²) in [5.74, 6) is 7.38. The van der Waals surface area contributed by atoms with Crippen molar-refractivity contribution in [3.63, 3.8) is 0 Å². The summed E-state index contributed by atoms with van der Waals surface area (Å²) in [5.41, 5.74) is 0. The number of hydrogen-bond acceptors (Lipinski definition) is 0. The van der Waals surface area contributed by atoms with Crippen molar-refractivity contribution in [3.05, 3.63) is 10.5 Å². The molecule has 0 aromatic rings. The first-order valence-electron chi connectivity index (χ1n) is 3.74. The van der Waals surface area contributed by atoms with Crippen LogP contribution < -0.4 is 0 Å². The number of rotatable bonds is 3. The van der Waals surface area contributed by atoms with Crippen LogP contribution in [0.15, 0.2) is 10.5 Å². The molecule has 0 radical (unpaired) electrons. The van der Waals surface area contributed by atoms with E-state index in [1.807, 2.05) is 0 Å². The standard InChI is InChI=1S/C8H17GeI/c1-5-8(6-7-10)9(2,3)4/h5H,6-7H2,1-4H3/b8-5+. The van der Waals surface area contributed by atoms with E-state index in [0.29, 0.717) is 0 Å². The Kier molecular flexibility index (Phi) is 5.29. The Balaban J connectivity index is 4.10. The van der Waals surface area contributed by atoms with E-state index in [2.05, 4.69) is 52.9 Å². The Morgan fingerprint density at radius 3 is 2.00 bits per heavy atom. The molecule has 0 spiro atoms. The van der Waals surface area contributed by atoms with Gasteiger partial charge in [-0.3, -0.25) is 0 Å². The summed E-state index contributed by atoms with van der Waals surface area (Å²) >= 11 is 1.04. The zero-order valence-electron chi connectivity index (χ0n) is 7.37. The predicted molar refractivity (Wildman–Crippen MR) is 60.6 cm³/mol. The van der Waals surface area contributed by atoms with Crippen LogP contribution in [-0.2, 0) is 0 Å². The van der Waals surface area contributed by atoms with Crippen LogP contribution in [0.3, 0.4) is 0 Å². The Labute approximate surface area is 81.0 Å². The zero-order chi connectivity index (χ0) is 8.20. The van der Waals surface area contributed by atoms with Gasteiger partial charge in [-0.25, -0.2) is 0 Å². The molecule has 2 heteroatoms. The average molecular weight is 313 g/mol. The van der Waals surface area contributed by atoms with E-state index >= 15 is 0 Å². The first kappa shape index (κ1) is 11.0. The van der Waals surface area contributed by atoms with Crippen molar-refractivity contribution in [2.75, 3.05) is 4.43 Å². The monoisotopic (exact) mass is 314 g/mol. The van der Waals surface area contributed by atoms with Crippen molar-refractivity contribution in [2.45, 2.75) is 30.6 Å². The molecule has 0 aromatic heterocycles. The summed E-state index contributed by atoms with van der Waals surface area (Å²) < 4.78 is 3.04. The minimum atomic E-state index is -1.42. The molecule has 0 aliphatic carbocycles. The summed E-state index contributed by atoms with van der Waals surface area (Å²) in [7, 11) is 0. The molecule has 60 valence electrons. The Morgan fingerprint density at radius 1 is 1.40 bits per heavy atom. The van der Waals surface area contributed by atoms with Crippen LogP contribution in [0, 0.1) is 0 Å². The van der Waals surface area contributed by atoms with Crippen LogP contribution >= 0.6 is 22.6 Å². The minimum absolute atomic E-state index is 1.28. The van der Waals surface area contributed by atoms with E-state index in [1.54, 1.807) is 4.41 Å². The van der Waals surface area contributed by atoms with E-state index in [-0.39, 0.29) is 0 Å². The molecule has 0 aromatic carbocycles. The van der Waals surface area contributed by atoms with Crippen molar-refractivity contribution >= 4 is 35.9 Å². The quantitative estimate of drug-likeness (QED) is 0.424. The second kappa shape index (κ2) is 4.80. The molecular formula is C8H17GeI. The van der Waals surface area contributed by atoms with Crippen LogP contribution in [0.5, 0.6) is 0 Å². The maximum atomic E-state index is 2.46. The third-order valence-corrected chi connectivity index (χ3v) is 7.39. The van der Waals surface area contributed by atoms with Gasteiger partial charge in [0, 0.05) is 0 Å². The van der Waals surface area contributed by atoms with Gasteiger partial charge < -0.3 is 0 Å². The van der Waals surface area contributed by atoms with Crippen LogP contribution in [0.4, 0.5) is 0 Å². The first-order chi connectivity index (χ1) is 4.52. The van der Waals surface area contributed by atoms with Gasteiger partial charge in [0.05, 0.1) is 0 Å². The Hall–Kier alpha value is 1.01. The normalized spacial score (nSPS) is 13.9. The van der Waals surface area contributed by atoms with Crippen molar-refractivity contribution in [1.29, 1.82) is 0 Å². The Bertz CT molecular complexity index is 122. The molecule has 0 aliphatic rings. The van der Waals surface area contributed by atoms with Crippen molar-refractivity contribution in [3.8, 4) is 0 Å². The van der Waals surface area contributed by atoms with Gasteiger partial charge in [-0.1, -0.05) is 0 Å². The predicted octanol–water partition coefficient (Wildman–Crippen LogP) is 3.64. The maximum absolute atomic E-state index is 2.46. The molecular weight excluding hydrogens is 296 g/mol. The van der Waals surface area contributed by atoms with Gasteiger partial charge >= 0.3 is 81.4 Å². The summed E-state index contributed by atoms with van der Waals surface area (Å²) in [6.07, 6.45) is 3.65. The Morgan fingerprint density at radius 2 is 1.90 bits per heavy atom. The van der Waals surface area contributed by atoms with Gasteiger partial charge in [0.25, 0.3) is 0 Å². The van der Waals surface area contributed by atoms with E-state index in [4.69, 9.17) is 0 Å². The van der Waals surface area contributed by atoms with Gasteiger partial charge in [0.2, 0.25) is 0 Å². The van der Waals surface area contributed by atoms with E-state index in [0.717, 1.165) is 0 Å². The molecule has 0 N–H and O–H groups in total. The van der Waals surface area contributed by atoms with Gasteiger partial charge in [0.1, 0.15) is 0 Å². The second-order valence-corrected chi connectivity index (χ2v) is 15.4. The number of halogens is 1. The fourth-order valence-corrected chi connectivity index (χ4v) is 6.36. The molecule has 0 atom stereocenters. The molecule has 0 saturated carbocycles. The number of hydrogen-bond donors (Lipinski definition) is 0. The zero-order valence-corrected chi connectivity index (χ0v) is 11.6. The molecule has 0 fully saturated rings. The molecule has 0 nitrogen and oxygen atoms in total.